The number of carboxylic acids is 1. The van der Waals surface area contributed by atoms with Crippen LogP contribution in [0.4, 0.5) is 0 Å². The first kappa shape index (κ1) is 18.0. The van der Waals surface area contributed by atoms with Gasteiger partial charge < -0.3 is 14.4 Å². The lowest BCUT2D eigenvalue weighted by Gasteiger charge is -2.23. The standard InChI is InChI=1S/C12H22O6S/c1-3-5-6-9(4-2)12(19(16)17)18-11(15)8-7-10(13)14/h9,12H,3-8H2,1-2H3,(H,13,14)(H,16,17). The molecular formula is C12H22O6S. The van der Waals surface area contributed by atoms with Gasteiger partial charge in [0.1, 0.15) is 0 Å². The molecule has 0 bridgehead atoms. The monoisotopic (exact) mass is 294 g/mol. The van der Waals surface area contributed by atoms with Gasteiger partial charge in [0.25, 0.3) is 0 Å². The van der Waals surface area contributed by atoms with Crippen molar-refractivity contribution in [3.05, 3.63) is 0 Å². The number of carbonyl (C=O) groups is 2. The maximum Gasteiger partial charge on any atom is 0.307 e. The molecule has 0 aliphatic heterocycles. The van der Waals surface area contributed by atoms with Crippen molar-refractivity contribution >= 4 is 23.0 Å². The highest BCUT2D eigenvalue weighted by molar-refractivity contribution is 7.79. The average Bonchev–Trinajstić information content (AvgIpc) is 2.35. The summed E-state index contributed by atoms with van der Waals surface area (Å²) < 4.78 is 25.4. The van der Waals surface area contributed by atoms with Crippen molar-refractivity contribution in [2.24, 2.45) is 5.92 Å². The Morgan fingerprint density at radius 2 is 1.89 bits per heavy atom. The topological polar surface area (TPSA) is 101 Å². The van der Waals surface area contributed by atoms with E-state index in [9.17, 15) is 18.4 Å². The zero-order chi connectivity index (χ0) is 14.8. The van der Waals surface area contributed by atoms with Gasteiger partial charge in [0, 0.05) is 5.92 Å². The van der Waals surface area contributed by atoms with Gasteiger partial charge >= 0.3 is 11.9 Å². The van der Waals surface area contributed by atoms with Crippen LogP contribution in [0.15, 0.2) is 0 Å². The van der Waals surface area contributed by atoms with Gasteiger partial charge in [-0.15, -0.1) is 0 Å². The molecule has 0 saturated carbocycles. The molecule has 0 rings (SSSR count). The Morgan fingerprint density at radius 1 is 1.26 bits per heavy atom. The molecule has 3 atom stereocenters. The normalized spacial score (nSPS) is 15.5. The Morgan fingerprint density at radius 3 is 2.32 bits per heavy atom. The minimum absolute atomic E-state index is 0.181. The molecule has 0 aromatic heterocycles. The average molecular weight is 294 g/mol. The molecule has 112 valence electrons. The van der Waals surface area contributed by atoms with Crippen molar-refractivity contribution in [3.8, 4) is 0 Å². The molecule has 0 aromatic rings. The predicted molar refractivity (Wildman–Crippen MR) is 70.8 cm³/mol. The summed E-state index contributed by atoms with van der Waals surface area (Å²) in [5, 5.41) is 8.46. The van der Waals surface area contributed by atoms with Gasteiger partial charge in [-0.05, 0) is 12.8 Å². The lowest BCUT2D eigenvalue weighted by atomic mass is 10.0. The molecule has 0 spiro atoms. The number of hydrogen-bond acceptors (Lipinski definition) is 4. The summed E-state index contributed by atoms with van der Waals surface area (Å²) in [6.45, 7) is 3.88. The third kappa shape index (κ3) is 7.94. The van der Waals surface area contributed by atoms with Gasteiger partial charge in [-0.25, -0.2) is 4.21 Å². The zero-order valence-corrected chi connectivity index (χ0v) is 12.1. The van der Waals surface area contributed by atoms with Crippen molar-refractivity contribution < 1.29 is 28.2 Å². The maximum atomic E-state index is 11.4. The summed E-state index contributed by atoms with van der Waals surface area (Å²) in [4.78, 5) is 21.8. The Labute approximate surface area is 115 Å². The molecule has 0 aliphatic rings. The summed E-state index contributed by atoms with van der Waals surface area (Å²) in [5.74, 6) is -2.03. The molecule has 0 heterocycles. The number of hydrogen-bond donors (Lipinski definition) is 2. The van der Waals surface area contributed by atoms with Crippen LogP contribution in [0, 0.1) is 5.92 Å². The molecule has 0 amide bonds. The highest BCUT2D eigenvalue weighted by Gasteiger charge is 2.28. The Bertz CT molecular complexity index is 317. The van der Waals surface area contributed by atoms with E-state index >= 15 is 0 Å². The molecule has 0 aliphatic carbocycles. The summed E-state index contributed by atoms with van der Waals surface area (Å²) in [6, 6.07) is 0. The van der Waals surface area contributed by atoms with Crippen LogP contribution in [-0.4, -0.2) is 31.2 Å². The first-order chi connectivity index (χ1) is 8.92. The van der Waals surface area contributed by atoms with E-state index in [1.165, 1.54) is 0 Å². The minimum atomic E-state index is -2.26. The first-order valence-electron chi connectivity index (χ1n) is 6.43. The fourth-order valence-corrected chi connectivity index (χ4v) is 2.55. The zero-order valence-electron chi connectivity index (χ0n) is 11.3. The number of aliphatic carboxylic acids is 1. The summed E-state index contributed by atoms with van der Waals surface area (Å²) in [6.07, 6.45) is 2.55. The van der Waals surface area contributed by atoms with Crippen LogP contribution in [-0.2, 0) is 25.4 Å². The van der Waals surface area contributed by atoms with E-state index in [-0.39, 0.29) is 18.8 Å². The van der Waals surface area contributed by atoms with Crippen molar-refractivity contribution in [1.82, 2.24) is 0 Å². The largest absolute Gasteiger partial charge is 0.481 e. The lowest BCUT2D eigenvalue weighted by Crippen LogP contribution is -2.31. The molecular weight excluding hydrogens is 272 g/mol. The van der Waals surface area contributed by atoms with Crippen molar-refractivity contribution in [2.75, 3.05) is 0 Å². The summed E-state index contributed by atoms with van der Waals surface area (Å²) in [7, 11) is 0. The summed E-state index contributed by atoms with van der Waals surface area (Å²) in [5.41, 5.74) is -1.07. The van der Waals surface area contributed by atoms with Crippen molar-refractivity contribution in [2.45, 2.75) is 57.8 Å². The Kier molecular flexibility index (Phi) is 9.42. The second kappa shape index (κ2) is 9.91. The summed E-state index contributed by atoms with van der Waals surface area (Å²) >= 11 is -2.26. The van der Waals surface area contributed by atoms with Gasteiger partial charge in [-0.1, -0.05) is 26.7 Å². The smallest absolute Gasteiger partial charge is 0.307 e. The maximum absolute atomic E-state index is 11.4. The van der Waals surface area contributed by atoms with Gasteiger partial charge in [-0.2, -0.15) is 0 Å². The van der Waals surface area contributed by atoms with Gasteiger partial charge in [0.15, 0.2) is 11.1 Å². The Balaban J connectivity index is 4.49. The molecule has 0 fully saturated rings. The van der Waals surface area contributed by atoms with Crippen LogP contribution in [0.25, 0.3) is 0 Å². The Hall–Kier alpha value is -0.950. The van der Waals surface area contributed by atoms with Crippen LogP contribution >= 0.6 is 0 Å². The van der Waals surface area contributed by atoms with Crippen molar-refractivity contribution in [3.63, 3.8) is 0 Å². The number of esters is 1. The quantitative estimate of drug-likeness (QED) is 0.473. The van der Waals surface area contributed by atoms with E-state index < -0.39 is 28.5 Å². The number of unbranched alkanes of at least 4 members (excludes halogenated alkanes) is 1. The van der Waals surface area contributed by atoms with Crippen LogP contribution in [0.3, 0.4) is 0 Å². The predicted octanol–water partition coefficient (Wildman–Crippen LogP) is 2.16. The number of carboxylic acid groups (broad SMARTS) is 1. The van der Waals surface area contributed by atoms with E-state index in [1.807, 2.05) is 13.8 Å². The van der Waals surface area contributed by atoms with Crippen LogP contribution < -0.4 is 0 Å². The lowest BCUT2D eigenvalue weighted by molar-refractivity contribution is -0.150. The molecule has 3 unspecified atom stereocenters. The van der Waals surface area contributed by atoms with E-state index in [0.717, 1.165) is 12.8 Å². The SMILES string of the molecule is CCCCC(CC)C(OC(=O)CCC(=O)O)S(=O)O. The highest BCUT2D eigenvalue weighted by Crippen LogP contribution is 2.22. The molecule has 7 heteroatoms. The second-order valence-corrected chi connectivity index (χ2v) is 5.36. The molecule has 0 saturated heterocycles. The molecule has 19 heavy (non-hydrogen) atoms. The number of carbonyl (C=O) groups excluding carboxylic acids is 1. The van der Waals surface area contributed by atoms with E-state index in [2.05, 4.69) is 0 Å². The third-order valence-corrected chi connectivity index (χ3v) is 3.71. The van der Waals surface area contributed by atoms with Crippen LogP contribution in [0.1, 0.15) is 52.4 Å². The fourth-order valence-electron chi connectivity index (χ4n) is 1.70. The molecule has 2 N–H and O–H groups in total. The molecule has 6 nitrogen and oxygen atoms in total. The first-order valence-corrected chi connectivity index (χ1v) is 7.60. The van der Waals surface area contributed by atoms with E-state index in [1.54, 1.807) is 0 Å². The van der Waals surface area contributed by atoms with Gasteiger partial charge in [-0.3, -0.25) is 9.59 Å². The number of rotatable bonds is 10. The highest BCUT2D eigenvalue weighted by atomic mass is 32.2. The molecule has 0 radical (unpaired) electrons. The minimum Gasteiger partial charge on any atom is -0.481 e. The fraction of sp³-hybridized carbons (Fsp3) is 0.833. The van der Waals surface area contributed by atoms with Crippen molar-refractivity contribution in [1.29, 1.82) is 0 Å². The van der Waals surface area contributed by atoms with E-state index in [4.69, 9.17) is 9.84 Å². The van der Waals surface area contributed by atoms with Gasteiger partial charge in [0.2, 0.25) is 5.44 Å². The van der Waals surface area contributed by atoms with E-state index in [0.29, 0.717) is 12.8 Å². The van der Waals surface area contributed by atoms with Crippen LogP contribution in [0.5, 0.6) is 0 Å². The number of ether oxygens (including phenoxy) is 1. The third-order valence-electron chi connectivity index (χ3n) is 2.83. The van der Waals surface area contributed by atoms with Crippen LogP contribution in [0.2, 0.25) is 0 Å². The van der Waals surface area contributed by atoms with Gasteiger partial charge in [0.05, 0.1) is 12.8 Å². The molecule has 0 aromatic carbocycles. The second-order valence-electron chi connectivity index (χ2n) is 4.34.